The number of ether oxygens (including phenoxy) is 1. The first-order valence-electron chi connectivity index (χ1n) is 7.55. The van der Waals surface area contributed by atoms with E-state index in [1.165, 1.54) is 4.90 Å². The Morgan fingerprint density at radius 2 is 1.96 bits per heavy atom. The minimum absolute atomic E-state index is 0.0589. The van der Waals surface area contributed by atoms with E-state index in [9.17, 15) is 13.2 Å². The highest BCUT2D eigenvalue weighted by atomic mass is 32.2. The SMILES string of the molecule is CN=C(NCCCOCC(F)(F)F)N(C)Cc1ccc(SC)cc1. The number of nitrogens with one attached hydrogen (secondary N) is 1. The Hall–Kier alpha value is -1.41. The molecule has 136 valence electrons. The summed E-state index contributed by atoms with van der Waals surface area (Å²) in [5.74, 6) is 0.694. The summed E-state index contributed by atoms with van der Waals surface area (Å²) in [7, 11) is 3.59. The number of alkyl halides is 3. The van der Waals surface area contributed by atoms with Gasteiger partial charge < -0.3 is 15.0 Å². The highest BCUT2D eigenvalue weighted by Gasteiger charge is 2.27. The van der Waals surface area contributed by atoms with Gasteiger partial charge in [-0.1, -0.05) is 12.1 Å². The van der Waals surface area contributed by atoms with Crippen LogP contribution in [0.25, 0.3) is 0 Å². The average molecular weight is 363 g/mol. The molecule has 0 atom stereocenters. The number of hydrogen-bond donors (Lipinski definition) is 1. The number of benzene rings is 1. The van der Waals surface area contributed by atoms with Crippen LogP contribution in [0.1, 0.15) is 12.0 Å². The summed E-state index contributed by atoms with van der Waals surface area (Å²) in [5, 5.41) is 3.12. The van der Waals surface area contributed by atoms with E-state index in [1.807, 2.05) is 18.2 Å². The summed E-state index contributed by atoms with van der Waals surface area (Å²) in [6.07, 6.45) is -1.76. The number of nitrogens with zero attached hydrogens (tertiary/aromatic N) is 2. The van der Waals surface area contributed by atoms with Gasteiger partial charge in [0.25, 0.3) is 0 Å². The van der Waals surface area contributed by atoms with Crippen molar-refractivity contribution in [2.24, 2.45) is 4.99 Å². The lowest BCUT2D eigenvalue weighted by Gasteiger charge is -2.22. The third-order valence-electron chi connectivity index (χ3n) is 3.17. The van der Waals surface area contributed by atoms with Gasteiger partial charge in [-0.05, 0) is 30.4 Å². The van der Waals surface area contributed by atoms with Gasteiger partial charge in [-0.3, -0.25) is 4.99 Å². The predicted molar refractivity (Wildman–Crippen MR) is 92.5 cm³/mol. The maximum Gasteiger partial charge on any atom is 0.411 e. The Bertz CT molecular complexity index is 506. The van der Waals surface area contributed by atoms with Gasteiger partial charge in [-0.15, -0.1) is 11.8 Å². The Labute approximate surface area is 145 Å². The van der Waals surface area contributed by atoms with E-state index >= 15 is 0 Å². The van der Waals surface area contributed by atoms with Gasteiger partial charge in [0.2, 0.25) is 0 Å². The molecule has 1 rings (SSSR count). The monoisotopic (exact) mass is 363 g/mol. The number of hydrogen-bond acceptors (Lipinski definition) is 3. The van der Waals surface area contributed by atoms with Crippen LogP contribution in [-0.4, -0.2) is 57.1 Å². The molecule has 0 aromatic heterocycles. The first-order chi connectivity index (χ1) is 11.4. The van der Waals surface area contributed by atoms with Crippen molar-refractivity contribution >= 4 is 17.7 Å². The molecule has 1 N–H and O–H groups in total. The lowest BCUT2D eigenvalue weighted by Crippen LogP contribution is -2.39. The van der Waals surface area contributed by atoms with Crippen LogP contribution >= 0.6 is 11.8 Å². The zero-order chi connectivity index (χ0) is 18.0. The van der Waals surface area contributed by atoms with E-state index in [0.717, 1.165) is 5.56 Å². The first kappa shape index (κ1) is 20.6. The van der Waals surface area contributed by atoms with Crippen molar-refractivity contribution in [3.63, 3.8) is 0 Å². The number of halogens is 3. The summed E-state index contributed by atoms with van der Waals surface area (Å²) in [6.45, 7) is 0.0518. The Balaban J connectivity index is 2.32. The van der Waals surface area contributed by atoms with E-state index in [-0.39, 0.29) is 6.61 Å². The first-order valence-corrected chi connectivity index (χ1v) is 8.77. The van der Waals surface area contributed by atoms with Crippen LogP contribution in [0.2, 0.25) is 0 Å². The van der Waals surface area contributed by atoms with Crippen LogP contribution in [0.15, 0.2) is 34.2 Å². The third kappa shape index (κ3) is 8.44. The van der Waals surface area contributed by atoms with Crippen LogP contribution in [-0.2, 0) is 11.3 Å². The third-order valence-corrected chi connectivity index (χ3v) is 3.91. The molecule has 0 bridgehead atoms. The molecule has 0 spiro atoms. The zero-order valence-electron chi connectivity index (χ0n) is 14.2. The predicted octanol–water partition coefficient (Wildman–Crippen LogP) is 3.38. The standard InChI is InChI=1S/C16H24F3N3OS/c1-20-15(21-9-4-10-23-12-16(17,18)19)22(2)11-13-5-7-14(24-3)8-6-13/h5-8H,4,9-12H2,1-3H3,(H,20,21). The maximum absolute atomic E-state index is 11.9. The second kappa shape index (κ2) is 10.5. The lowest BCUT2D eigenvalue weighted by molar-refractivity contribution is -0.173. The van der Waals surface area contributed by atoms with Gasteiger partial charge in [-0.25, -0.2) is 0 Å². The van der Waals surface area contributed by atoms with Crippen molar-refractivity contribution in [3.8, 4) is 0 Å². The Morgan fingerprint density at radius 1 is 1.29 bits per heavy atom. The second-order valence-corrected chi connectivity index (χ2v) is 6.08. The molecule has 0 aliphatic carbocycles. The topological polar surface area (TPSA) is 36.9 Å². The molecule has 0 saturated heterocycles. The van der Waals surface area contributed by atoms with E-state index in [2.05, 4.69) is 39.3 Å². The number of aliphatic imine (C=N–C) groups is 1. The van der Waals surface area contributed by atoms with Crippen molar-refractivity contribution in [2.45, 2.75) is 24.0 Å². The van der Waals surface area contributed by atoms with Crippen molar-refractivity contribution in [2.75, 3.05) is 40.1 Å². The lowest BCUT2D eigenvalue weighted by atomic mass is 10.2. The van der Waals surface area contributed by atoms with Gasteiger partial charge in [0.05, 0.1) is 0 Å². The highest BCUT2D eigenvalue weighted by Crippen LogP contribution is 2.16. The van der Waals surface area contributed by atoms with Crippen molar-refractivity contribution in [3.05, 3.63) is 29.8 Å². The fourth-order valence-electron chi connectivity index (χ4n) is 2.03. The molecule has 0 amide bonds. The maximum atomic E-state index is 11.9. The van der Waals surface area contributed by atoms with Crippen LogP contribution in [0.5, 0.6) is 0 Å². The van der Waals surface area contributed by atoms with Crippen molar-refractivity contribution < 1.29 is 17.9 Å². The largest absolute Gasteiger partial charge is 0.411 e. The summed E-state index contributed by atoms with van der Waals surface area (Å²) in [6, 6.07) is 8.28. The molecule has 0 fully saturated rings. The molecule has 0 saturated carbocycles. The molecule has 4 nitrogen and oxygen atoms in total. The number of thioether (sulfide) groups is 1. The molecule has 0 unspecified atom stereocenters. The van der Waals surface area contributed by atoms with Gasteiger partial charge in [0.15, 0.2) is 5.96 Å². The van der Waals surface area contributed by atoms with E-state index in [0.29, 0.717) is 25.5 Å². The van der Waals surface area contributed by atoms with Crippen LogP contribution in [0, 0.1) is 0 Å². The Morgan fingerprint density at radius 3 is 2.50 bits per heavy atom. The molecule has 8 heteroatoms. The molecule has 1 aromatic rings. The van der Waals surface area contributed by atoms with E-state index in [4.69, 9.17) is 0 Å². The van der Waals surface area contributed by atoms with E-state index < -0.39 is 12.8 Å². The molecule has 0 aliphatic heterocycles. The van der Waals surface area contributed by atoms with Gasteiger partial charge in [0.1, 0.15) is 6.61 Å². The molecule has 0 heterocycles. The number of guanidine groups is 1. The van der Waals surface area contributed by atoms with Crippen LogP contribution < -0.4 is 5.32 Å². The summed E-state index contributed by atoms with van der Waals surface area (Å²) in [5.41, 5.74) is 1.16. The highest BCUT2D eigenvalue weighted by molar-refractivity contribution is 7.98. The smallest absolute Gasteiger partial charge is 0.372 e. The minimum atomic E-state index is -4.27. The fourth-order valence-corrected chi connectivity index (χ4v) is 2.43. The van der Waals surface area contributed by atoms with Gasteiger partial charge in [-0.2, -0.15) is 13.2 Å². The average Bonchev–Trinajstić information content (AvgIpc) is 2.53. The normalized spacial score (nSPS) is 12.3. The van der Waals surface area contributed by atoms with Crippen molar-refractivity contribution in [1.29, 1.82) is 0 Å². The summed E-state index contributed by atoms with van der Waals surface area (Å²) in [4.78, 5) is 7.36. The molecule has 0 radical (unpaired) electrons. The van der Waals surface area contributed by atoms with Gasteiger partial charge >= 0.3 is 6.18 Å². The zero-order valence-corrected chi connectivity index (χ0v) is 15.0. The fraction of sp³-hybridized carbons (Fsp3) is 0.562. The Kier molecular flexibility index (Phi) is 8.99. The summed E-state index contributed by atoms with van der Waals surface area (Å²) >= 11 is 1.69. The molecular formula is C16H24F3N3OS. The second-order valence-electron chi connectivity index (χ2n) is 5.20. The van der Waals surface area contributed by atoms with Crippen LogP contribution in [0.3, 0.4) is 0 Å². The molecule has 0 aliphatic rings. The molecule has 24 heavy (non-hydrogen) atoms. The van der Waals surface area contributed by atoms with Crippen molar-refractivity contribution in [1.82, 2.24) is 10.2 Å². The van der Waals surface area contributed by atoms with Gasteiger partial charge in [0, 0.05) is 38.7 Å². The minimum Gasteiger partial charge on any atom is -0.372 e. The quantitative estimate of drug-likeness (QED) is 0.332. The molecular weight excluding hydrogens is 339 g/mol. The van der Waals surface area contributed by atoms with E-state index in [1.54, 1.807) is 18.8 Å². The number of rotatable bonds is 8. The molecule has 1 aromatic carbocycles. The summed E-state index contributed by atoms with van der Waals surface area (Å²) < 4.78 is 40.4. The van der Waals surface area contributed by atoms with Crippen LogP contribution in [0.4, 0.5) is 13.2 Å².